The lowest BCUT2D eigenvalue weighted by atomic mass is 10.1. The minimum atomic E-state index is -0.147. The number of amides is 1. The summed E-state index contributed by atoms with van der Waals surface area (Å²) in [6.07, 6.45) is 4.67. The van der Waals surface area contributed by atoms with Crippen molar-refractivity contribution in [3.8, 4) is 17.2 Å². The second-order valence-corrected chi connectivity index (χ2v) is 7.38. The van der Waals surface area contributed by atoms with Crippen LogP contribution < -0.4 is 14.8 Å². The third-order valence-corrected chi connectivity index (χ3v) is 5.19. The molecular weight excluding hydrogens is 386 g/mol. The van der Waals surface area contributed by atoms with E-state index < -0.39 is 0 Å². The second-order valence-electron chi connectivity index (χ2n) is 7.00. The molecule has 2 heterocycles. The summed E-state index contributed by atoms with van der Waals surface area (Å²) in [6, 6.07) is 11.3. The third kappa shape index (κ3) is 4.05. The number of imidazole rings is 1. The molecule has 6 nitrogen and oxygen atoms in total. The molecule has 0 spiro atoms. The van der Waals surface area contributed by atoms with E-state index in [4.69, 9.17) is 21.7 Å². The lowest BCUT2D eigenvalue weighted by Gasteiger charge is -2.13. The van der Waals surface area contributed by atoms with Crippen LogP contribution in [0.15, 0.2) is 48.8 Å². The summed E-state index contributed by atoms with van der Waals surface area (Å²) in [6.45, 7) is 4.93. The van der Waals surface area contributed by atoms with E-state index in [9.17, 15) is 4.79 Å². The molecule has 3 aromatic rings. The van der Waals surface area contributed by atoms with Crippen molar-refractivity contribution in [1.82, 2.24) is 14.9 Å². The average molecular weight is 410 g/mol. The van der Waals surface area contributed by atoms with Crippen molar-refractivity contribution in [3.05, 3.63) is 70.3 Å². The molecule has 1 amide bonds. The van der Waals surface area contributed by atoms with Gasteiger partial charge >= 0.3 is 0 Å². The standard InChI is InChI=1S/C22H23N3O3S/c1-3-27-19-11-16-10-14(2)28-20(16)12-17(19)13-24-21(26)15-4-6-18(7-5-15)25-9-8-23-22(25)29/h4-9,11-12,14H,3,10,13H2,1-2H3,(H,23,29)(H,24,26)/t14-/m0/s1. The molecule has 1 aromatic heterocycles. The van der Waals surface area contributed by atoms with E-state index in [0.717, 1.165) is 34.7 Å². The molecule has 0 unspecified atom stereocenters. The van der Waals surface area contributed by atoms with Gasteiger partial charge in [0.2, 0.25) is 0 Å². The molecule has 0 radical (unpaired) electrons. The van der Waals surface area contributed by atoms with Gasteiger partial charge in [-0.05, 0) is 62.5 Å². The molecule has 2 aromatic carbocycles. The number of carbonyl (C=O) groups is 1. The van der Waals surface area contributed by atoms with Gasteiger partial charge in [0, 0.05) is 47.7 Å². The number of aromatic nitrogens is 2. The van der Waals surface area contributed by atoms with Crippen molar-refractivity contribution in [2.75, 3.05) is 6.61 Å². The highest BCUT2D eigenvalue weighted by Gasteiger charge is 2.22. The van der Waals surface area contributed by atoms with E-state index in [1.807, 2.05) is 48.9 Å². The number of nitrogens with zero attached hydrogens (tertiary/aromatic N) is 1. The monoisotopic (exact) mass is 409 g/mol. The number of nitrogens with one attached hydrogen (secondary N) is 2. The smallest absolute Gasteiger partial charge is 0.251 e. The Hall–Kier alpha value is -3.06. The number of hydrogen-bond donors (Lipinski definition) is 2. The minimum Gasteiger partial charge on any atom is -0.494 e. The molecule has 0 bridgehead atoms. The van der Waals surface area contributed by atoms with Crippen molar-refractivity contribution < 1.29 is 14.3 Å². The predicted molar refractivity (Wildman–Crippen MR) is 114 cm³/mol. The zero-order valence-electron chi connectivity index (χ0n) is 16.4. The first kappa shape index (κ1) is 19.3. The molecule has 2 N–H and O–H groups in total. The van der Waals surface area contributed by atoms with E-state index in [0.29, 0.717) is 23.5 Å². The Labute approximate surface area is 174 Å². The van der Waals surface area contributed by atoms with Crippen LogP contribution >= 0.6 is 12.2 Å². The molecule has 4 rings (SSSR count). The van der Waals surface area contributed by atoms with Gasteiger partial charge in [-0.25, -0.2) is 0 Å². The van der Waals surface area contributed by atoms with E-state index in [1.54, 1.807) is 18.3 Å². The van der Waals surface area contributed by atoms with Gasteiger partial charge in [0.25, 0.3) is 5.91 Å². The van der Waals surface area contributed by atoms with Crippen LogP contribution in [-0.4, -0.2) is 28.2 Å². The molecular formula is C22H23N3O3S. The SMILES string of the molecule is CCOc1cc2c(cc1CNC(=O)c1ccc(-n3cc[nH]c3=S)cc1)O[C@@H](C)C2. The number of H-pyrrole nitrogens is 1. The fourth-order valence-electron chi connectivity index (χ4n) is 3.48. The molecule has 0 saturated carbocycles. The summed E-state index contributed by atoms with van der Waals surface area (Å²) < 4.78 is 14.1. The lowest BCUT2D eigenvalue weighted by molar-refractivity contribution is 0.0950. The minimum absolute atomic E-state index is 0.147. The quantitative estimate of drug-likeness (QED) is 0.599. The fourth-order valence-corrected chi connectivity index (χ4v) is 3.72. The van der Waals surface area contributed by atoms with Crippen molar-refractivity contribution in [3.63, 3.8) is 0 Å². The van der Waals surface area contributed by atoms with E-state index in [2.05, 4.69) is 10.3 Å². The zero-order chi connectivity index (χ0) is 20.4. The van der Waals surface area contributed by atoms with Crippen LogP contribution in [0.3, 0.4) is 0 Å². The van der Waals surface area contributed by atoms with Crippen molar-refractivity contribution in [2.24, 2.45) is 0 Å². The highest BCUT2D eigenvalue weighted by Crippen LogP contribution is 2.35. The van der Waals surface area contributed by atoms with Gasteiger partial charge in [-0.3, -0.25) is 9.36 Å². The molecule has 29 heavy (non-hydrogen) atoms. The normalized spacial score (nSPS) is 14.9. The van der Waals surface area contributed by atoms with Gasteiger partial charge in [0.05, 0.1) is 6.61 Å². The largest absolute Gasteiger partial charge is 0.494 e. The average Bonchev–Trinajstić information content (AvgIpc) is 3.30. The maximum absolute atomic E-state index is 12.6. The molecule has 0 aliphatic carbocycles. The van der Waals surface area contributed by atoms with E-state index in [1.165, 1.54) is 0 Å². The lowest BCUT2D eigenvalue weighted by Crippen LogP contribution is -2.23. The first-order valence-electron chi connectivity index (χ1n) is 9.65. The van der Waals surface area contributed by atoms with Crippen LogP contribution in [-0.2, 0) is 13.0 Å². The zero-order valence-corrected chi connectivity index (χ0v) is 17.2. The molecule has 150 valence electrons. The van der Waals surface area contributed by atoms with Crippen LogP contribution in [0.4, 0.5) is 0 Å². The highest BCUT2D eigenvalue weighted by atomic mass is 32.1. The molecule has 0 fully saturated rings. The summed E-state index contributed by atoms with van der Waals surface area (Å²) in [7, 11) is 0. The number of aromatic amines is 1. The Kier molecular flexibility index (Phi) is 5.40. The number of carbonyl (C=O) groups excluding carboxylic acids is 1. The van der Waals surface area contributed by atoms with Gasteiger partial charge in [-0.2, -0.15) is 0 Å². The van der Waals surface area contributed by atoms with E-state index >= 15 is 0 Å². The maximum Gasteiger partial charge on any atom is 0.251 e. The number of ether oxygens (including phenoxy) is 2. The Bertz CT molecular complexity index is 1090. The topological polar surface area (TPSA) is 68.3 Å². The summed E-state index contributed by atoms with van der Waals surface area (Å²) in [5, 5.41) is 2.97. The van der Waals surface area contributed by atoms with Crippen LogP contribution in [0.5, 0.6) is 11.5 Å². The maximum atomic E-state index is 12.6. The van der Waals surface area contributed by atoms with Gasteiger partial charge in [0.1, 0.15) is 17.6 Å². The first-order chi connectivity index (χ1) is 14.0. The number of rotatable bonds is 6. The summed E-state index contributed by atoms with van der Waals surface area (Å²) >= 11 is 5.23. The summed E-state index contributed by atoms with van der Waals surface area (Å²) in [5.74, 6) is 1.52. The Morgan fingerprint density at radius 2 is 2.14 bits per heavy atom. The Balaban J connectivity index is 1.48. The molecule has 1 aliphatic heterocycles. The van der Waals surface area contributed by atoms with Crippen molar-refractivity contribution in [2.45, 2.75) is 32.9 Å². The predicted octanol–water partition coefficient (Wildman–Crippen LogP) is 4.19. The van der Waals surface area contributed by atoms with Gasteiger partial charge in [-0.15, -0.1) is 0 Å². The van der Waals surface area contributed by atoms with Crippen LogP contribution in [0.25, 0.3) is 5.69 Å². The third-order valence-electron chi connectivity index (χ3n) is 4.88. The second kappa shape index (κ2) is 8.13. The highest BCUT2D eigenvalue weighted by molar-refractivity contribution is 7.71. The number of fused-ring (bicyclic) bond motifs is 1. The Morgan fingerprint density at radius 1 is 1.34 bits per heavy atom. The molecule has 1 aliphatic rings. The van der Waals surface area contributed by atoms with Crippen LogP contribution in [0.2, 0.25) is 0 Å². The number of benzene rings is 2. The van der Waals surface area contributed by atoms with Gasteiger partial charge < -0.3 is 19.8 Å². The van der Waals surface area contributed by atoms with Gasteiger partial charge in [-0.1, -0.05) is 0 Å². The fraction of sp³-hybridized carbons (Fsp3) is 0.273. The summed E-state index contributed by atoms with van der Waals surface area (Å²) in [5.41, 5.74) is 3.54. The first-order valence-corrected chi connectivity index (χ1v) is 10.1. The molecule has 1 atom stereocenters. The molecule has 7 heteroatoms. The van der Waals surface area contributed by atoms with Crippen LogP contribution in [0.1, 0.15) is 35.3 Å². The molecule has 0 saturated heterocycles. The Morgan fingerprint density at radius 3 is 2.83 bits per heavy atom. The summed E-state index contributed by atoms with van der Waals surface area (Å²) in [4.78, 5) is 15.6. The van der Waals surface area contributed by atoms with E-state index in [-0.39, 0.29) is 12.0 Å². The van der Waals surface area contributed by atoms with Crippen molar-refractivity contribution in [1.29, 1.82) is 0 Å². The van der Waals surface area contributed by atoms with Crippen LogP contribution in [0, 0.1) is 4.77 Å². The van der Waals surface area contributed by atoms with Gasteiger partial charge in [0.15, 0.2) is 4.77 Å². The number of hydrogen-bond acceptors (Lipinski definition) is 4. The van der Waals surface area contributed by atoms with Crippen molar-refractivity contribution >= 4 is 18.1 Å².